The van der Waals surface area contributed by atoms with Crippen molar-refractivity contribution in [3.8, 4) is 6.07 Å². The first-order valence-corrected chi connectivity index (χ1v) is 8.15. The Labute approximate surface area is 155 Å². The molecular formula is C21H15N3O3. The minimum absolute atomic E-state index is 0.0506. The van der Waals surface area contributed by atoms with E-state index in [-0.39, 0.29) is 16.9 Å². The summed E-state index contributed by atoms with van der Waals surface area (Å²) in [4.78, 5) is 23.2. The highest BCUT2D eigenvalue weighted by atomic mass is 16.6. The van der Waals surface area contributed by atoms with Crippen LogP contribution >= 0.6 is 0 Å². The number of carbonyl (C=O) groups excluding carboxylic acids is 1. The largest absolute Gasteiger partial charge is 0.316 e. The highest BCUT2D eigenvalue weighted by Gasteiger charge is 2.18. The number of anilines is 1. The zero-order valence-corrected chi connectivity index (χ0v) is 14.5. The molecule has 6 heteroatoms. The molecule has 0 atom stereocenters. The highest BCUT2D eigenvalue weighted by Crippen LogP contribution is 2.26. The molecule has 132 valence electrons. The van der Waals surface area contributed by atoms with Gasteiger partial charge in [-0.05, 0) is 41.0 Å². The average molecular weight is 357 g/mol. The Kier molecular flexibility index (Phi) is 4.95. The number of hydrogen-bond acceptors (Lipinski definition) is 4. The Morgan fingerprint density at radius 3 is 2.63 bits per heavy atom. The van der Waals surface area contributed by atoms with Gasteiger partial charge >= 0.3 is 0 Å². The van der Waals surface area contributed by atoms with Crippen LogP contribution in [0.15, 0.2) is 66.2 Å². The number of nitro benzene ring substituents is 1. The maximum Gasteiger partial charge on any atom is 0.293 e. The minimum atomic E-state index is -0.697. The summed E-state index contributed by atoms with van der Waals surface area (Å²) in [5.41, 5.74) is 1.12. The molecule has 0 radical (unpaired) electrons. The van der Waals surface area contributed by atoms with Gasteiger partial charge in [0.05, 0.1) is 4.92 Å². The van der Waals surface area contributed by atoms with Gasteiger partial charge in [-0.2, -0.15) is 5.26 Å². The SMILES string of the molecule is Cc1ccc(NC(=O)/C(C#N)=C/c2cccc3ccccc23)c([N+](=O)[O-])c1. The van der Waals surface area contributed by atoms with E-state index in [1.165, 1.54) is 18.2 Å². The molecule has 0 aliphatic heterocycles. The summed E-state index contributed by atoms with van der Waals surface area (Å²) < 4.78 is 0. The number of rotatable bonds is 4. The predicted molar refractivity (Wildman–Crippen MR) is 104 cm³/mol. The molecule has 3 aromatic rings. The van der Waals surface area contributed by atoms with E-state index in [0.717, 1.165) is 16.3 Å². The van der Waals surface area contributed by atoms with Crippen molar-refractivity contribution in [1.82, 2.24) is 0 Å². The fourth-order valence-corrected chi connectivity index (χ4v) is 2.77. The summed E-state index contributed by atoms with van der Waals surface area (Å²) in [6.45, 7) is 1.72. The van der Waals surface area contributed by atoms with E-state index in [2.05, 4.69) is 5.32 Å². The fourth-order valence-electron chi connectivity index (χ4n) is 2.77. The van der Waals surface area contributed by atoms with Crippen LogP contribution in [0.1, 0.15) is 11.1 Å². The van der Waals surface area contributed by atoms with Crippen molar-refractivity contribution in [3.63, 3.8) is 0 Å². The third-order valence-electron chi connectivity index (χ3n) is 4.09. The molecule has 0 fully saturated rings. The van der Waals surface area contributed by atoms with Gasteiger partial charge < -0.3 is 5.32 Å². The topological polar surface area (TPSA) is 96.0 Å². The van der Waals surface area contributed by atoms with Gasteiger partial charge in [0.1, 0.15) is 17.3 Å². The Balaban J connectivity index is 1.97. The second-order valence-electron chi connectivity index (χ2n) is 5.97. The maximum absolute atomic E-state index is 12.5. The molecule has 0 saturated heterocycles. The van der Waals surface area contributed by atoms with Crippen LogP contribution < -0.4 is 5.32 Å². The highest BCUT2D eigenvalue weighted by molar-refractivity contribution is 6.11. The number of benzene rings is 3. The van der Waals surface area contributed by atoms with Crippen molar-refractivity contribution >= 4 is 34.1 Å². The van der Waals surface area contributed by atoms with Crippen molar-refractivity contribution in [2.24, 2.45) is 0 Å². The maximum atomic E-state index is 12.5. The van der Waals surface area contributed by atoms with Gasteiger partial charge in [0.25, 0.3) is 11.6 Å². The number of nitrogens with one attached hydrogen (secondary N) is 1. The third-order valence-corrected chi connectivity index (χ3v) is 4.09. The van der Waals surface area contributed by atoms with Crippen LogP contribution in [0.3, 0.4) is 0 Å². The quantitative estimate of drug-likeness (QED) is 0.319. The zero-order valence-electron chi connectivity index (χ0n) is 14.5. The molecule has 0 bridgehead atoms. The second kappa shape index (κ2) is 7.50. The first-order chi connectivity index (χ1) is 13.0. The number of hydrogen-bond donors (Lipinski definition) is 1. The van der Waals surface area contributed by atoms with Crippen molar-refractivity contribution in [2.75, 3.05) is 5.32 Å². The molecule has 27 heavy (non-hydrogen) atoms. The lowest BCUT2D eigenvalue weighted by atomic mass is 10.0. The van der Waals surface area contributed by atoms with Gasteiger partial charge in [0, 0.05) is 6.07 Å². The van der Waals surface area contributed by atoms with Gasteiger partial charge in [-0.1, -0.05) is 48.5 Å². The summed E-state index contributed by atoms with van der Waals surface area (Å²) >= 11 is 0. The average Bonchev–Trinajstić information content (AvgIpc) is 2.67. The summed E-state index contributed by atoms with van der Waals surface area (Å²) in [6, 6.07) is 19.6. The normalized spacial score (nSPS) is 11.0. The van der Waals surface area contributed by atoms with E-state index in [9.17, 15) is 20.2 Å². The minimum Gasteiger partial charge on any atom is -0.316 e. The van der Waals surface area contributed by atoms with Crippen molar-refractivity contribution in [1.29, 1.82) is 5.26 Å². The monoisotopic (exact) mass is 357 g/mol. The van der Waals surface area contributed by atoms with E-state index in [4.69, 9.17) is 0 Å². The smallest absolute Gasteiger partial charge is 0.293 e. The lowest BCUT2D eigenvalue weighted by Gasteiger charge is -2.07. The molecule has 0 spiro atoms. The Hall–Kier alpha value is -3.98. The molecule has 0 heterocycles. The van der Waals surface area contributed by atoms with Crippen molar-refractivity contribution in [3.05, 3.63) is 87.5 Å². The standard InChI is InChI=1S/C21H15N3O3/c1-14-9-10-19(20(11-14)24(26)27)23-21(25)17(13-22)12-16-7-4-6-15-5-2-3-8-18(15)16/h2-12H,1H3,(H,23,25)/b17-12+. The van der Waals surface area contributed by atoms with Crippen LogP contribution in [0, 0.1) is 28.4 Å². The van der Waals surface area contributed by atoms with Gasteiger partial charge in [-0.15, -0.1) is 0 Å². The van der Waals surface area contributed by atoms with Gasteiger partial charge in [-0.25, -0.2) is 0 Å². The summed E-state index contributed by atoms with van der Waals surface area (Å²) in [7, 11) is 0. The summed E-state index contributed by atoms with van der Waals surface area (Å²) in [5, 5.41) is 25.0. The number of carbonyl (C=O) groups is 1. The van der Waals surface area contributed by atoms with Gasteiger partial charge in [0.15, 0.2) is 0 Å². The molecule has 0 unspecified atom stereocenters. The van der Waals surface area contributed by atoms with E-state index in [1.54, 1.807) is 19.1 Å². The van der Waals surface area contributed by atoms with E-state index < -0.39 is 10.8 Å². The molecule has 3 aromatic carbocycles. The van der Waals surface area contributed by atoms with Crippen LogP contribution in [-0.4, -0.2) is 10.8 Å². The number of nitriles is 1. The predicted octanol–water partition coefficient (Wildman–Crippen LogP) is 4.60. The van der Waals surface area contributed by atoms with Crippen LogP contribution in [0.4, 0.5) is 11.4 Å². The molecule has 0 aliphatic carbocycles. The lowest BCUT2D eigenvalue weighted by molar-refractivity contribution is -0.384. The lowest BCUT2D eigenvalue weighted by Crippen LogP contribution is -2.14. The summed E-state index contributed by atoms with van der Waals surface area (Å²) in [6.07, 6.45) is 1.48. The Bertz CT molecular complexity index is 1120. The molecule has 0 aliphatic rings. The number of nitro groups is 1. The molecular weight excluding hydrogens is 342 g/mol. The van der Waals surface area contributed by atoms with Crippen LogP contribution in [0.5, 0.6) is 0 Å². The van der Waals surface area contributed by atoms with Crippen LogP contribution in [-0.2, 0) is 4.79 Å². The number of fused-ring (bicyclic) bond motifs is 1. The molecule has 6 nitrogen and oxygen atoms in total. The van der Waals surface area contributed by atoms with Crippen molar-refractivity contribution < 1.29 is 9.72 Å². The zero-order chi connectivity index (χ0) is 19.4. The Morgan fingerprint density at radius 2 is 1.89 bits per heavy atom. The molecule has 0 aromatic heterocycles. The molecule has 1 amide bonds. The second-order valence-corrected chi connectivity index (χ2v) is 5.97. The molecule has 1 N–H and O–H groups in total. The Morgan fingerprint density at radius 1 is 1.15 bits per heavy atom. The summed E-state index contributed by atoms with van der Waals surface area (Å²) in [5.74, 6) is -0.697. The third kappa shape index (κ3) is 3.83. The number of nitrogens with zero attached hydrogens (tertiary/aromatic N) is 2. The molecule has 0 saturated carbocycles. The van der Waals surface area contributed by atoms with Crippen LogP contribution in [0.25, 0.3) is 16.8 Å². The first kappa shape index (κ1) is 17.8. The molecule has 3 rings (SSSR count). The van der Waals surface area contributed by atoms with Gasteiger partial charge in [0.2, 0.25) is 0 Å². The van der Waals surface area contributed by atoms with E-state index in [1.807, 2.05) is 42.5 Å². The number of amides is 1. The first-order valence-electron chi connectivity index (χ1n) is 8.15. The van der Waals surface area contributed by atoms with E-state index >= 15 is 0 Å². The fraction of sp³-hybridized carbons (Fsp3) is 0.0476. The van der Waals surface area contributed by atoms with E-state index in [0.29, 0.717) is 5.56 Å². The number of aryl methyl sites for hydroxylation is 1. The van der Waals surface area contributed by atoms with Crippen LogP contribution in [0.2, 0.25) is 0 Å². The van der Waals surface area contributed by atoms with Gasteiger partial charge in [-0.3, -0.25) is 14.9 Å². The van der Waals surface area contributed by atoms with Crippen molar-refractivity contribution in [2.45, 2.75) is 6.92 Å².